The fraction of sp³-hybridized carbons (Fsp3) is 0.333. The van der Waals surface area contributed by atoms with Crippen molar-refractivity contribution in [2.24, 2.45) is 35.5 Å². The summed E-state index contributed by atoms with van der Waals surface area (Å²) in [4.78, 5) is 52.4. The monoisotopic (exact) mass is 433 g/mol. The maximum absolute atomic E-state index is 13.2. The number of hydrogen-bond acceptors (Lipinski definition) is 6. The average Bonchev–Trinajstić information content (AvgIpc) is 3.36. The van der Waals surface area contributed by atoms with Crippen LogP contribution in [0.2, 0.25) is 0 Å². The highest BCUT2D eigenvalue weighted by Crippen LogP contribution is 2.65. The lowest BCUT2D eigenvalue weighted by atomic mass is 9.63. The minimum absolute atomic E-state index is 0.128. The van der Waals surface area contributed by atoms with Crippen LogP contribution in [0.5, 0.6) is 0 Å². The standard InChI is InChI=1S/C24H19NO5S/c26-18(19-2-1-9-31-19)11-30-24(29)12-3-5-13(6-4-12)25-22(27)20-14-7-8-15(17-10-16(14)17)21(20)23(25)28/h1-9,14-17,20-21H,10-11H2/t14-,15-,16-,17-,20+,21+/m0/s1. The van der Waals surface area contributed by atoms with E-state index in [0.717, 1.165) is 6.42 Å². The molecule has 6 nitrogen and oxygen atoms in total. The van der Waals surface area contributed by atoms with Gasteiger partial charge in [0.05, 0.1) is 28.0 Å². The summed E-state index contributed by atoms with van der Waals surface area (Å²) < 4.78 is 5.11. The van der Waals surface area contributed by atoms with Gasteiger partial charge in [-0.25, -0.2) is 4.79 Å². The Kier molecular flexibility index (Phi) is 4.05. The van der Waals surface area contributed by atoms with Gasteiger partial charge in [-0.2, -0.15) is 0 Å². The molecular formula is C24H19NO5S. The summed E-state index contributed by atoms with van der Waals surface area (Å²) >= 11 is 1.30. The molecule has 7 heteroatoms. The van der Waals surface area contributed by atoms with Gasteiger partial charge in [-0.05, 0) is 65.8 Å². The van der Waals surface area contributed by atoms with E-state index in [1.807, 2.05) is 0 Å². The van der Waals surface area contributed by atoms with E-state index in [9.17, 15) is 19.2 Å². The zero-order valence-corrected chi connectivity index (χ0v) is 17.3. The van der Waals surface area contributed by atoms with Gasteiger partial charge in [-0.1, -0.05) is 18.2 Å². The van der Waals surface area contributed by atoms with Crippen LogP contribution in [0, 0.1) is 35.5 Å². The lowest BCUT2D eigenvalue weighted by molar-refractivity contribution is -0.124. The number of rotatable bonds is 5. The highest BCUT2D eigenvalue weighted by Gasteiger charge is 2.67. The summed E-state index contributed by atoms with van der Waals surface area (Å²) in [6.45, 7) is -0.328. The molecule has 2 bridgehead atoms. The highest BCUT2D eigenvalue weighted by molar-refractivity contribution is 7.12. The molecule has 7 rings (SSSR count). The maximum atomic E-state index is 13.2. The van der Waals surface area contributed by atoms with Gasteiger partial charge in [0.15, 0.2) is 6.61 Å². The number of benzene rings is 1. The SMILES string of the molecule is O=C(OCC(=O)c1cccs1)c1ccc(N2C(=O)[C@@H]3[C@H]4C=C[C@@H]([C@@H]5C[C@@H]45)[C@H]3C2=O)cc1. The van der Waals surface area contributed by atoms with Crippen molar-refractivity contribution in [3.05, 3.63) is 64.4 Å². The smallest absolute Gasteiger partial charge is 0.338 e. The van der Waals surface area contributed by atoms with Crippen molar-refractivity contribution in [3.63, 3.8) is 0 Å². The number of thiophene rings is 1. The van der Waals surface area contributed by atoms with Crippen molar-refractivity contribution in [2.45, 2.75) is 6.42 Å². The summed E-state index contributed by atoms with van der Waals surface area (Å²) in [5.41, 5.74) is 0.742. The van der Waals surface area contributed by atoms with Crippen LogP contribution in [-0.2, 0) is 14.3 Å². The van der Waals surface area contributed by atoms with Crippen LogP contribution < -0.4 is 4.90 Å². The second kappa shape index (κ2) is 6.72. The molecule has 2 amide bonds. The van der Waals surface area contributed by atoms with Crippen LogP contribution in [0.25, 0.3) is 0 Å². The number of carbonyl (C=O) groups excluding carboxylic acids is 4. The number of carbonyl (C=O) groups is 4. The molecule has 0 N–H and O–H groups in total. The predicted molar refractivity (Wildman–Crippen MR) is 113 cm³/mol. The second-order valence-corrected chi connectivity index (χ2v) is 9.64. The summed E-state index contributed by atoms with van der Waals surface area (Å²) in [7, 11) is 0. The Balaban J connectivity index is 1.16. The number of allylic oxidation sites excluding steroid dienone is 2. The maximum Gasteiger partial charge on any atom is 0.338 e. The molecule has 1 aromatic carbocycles. The van der Waals surface area contributed by atoms with Gasteiger partial charge >= 0.3 is 5.97 Å². The minimum Gasteiger partial charge on any atom is -0.454 e. The molecule has 4 aliphatic carbocycles. The number of ether oxygens (including phenoxy) is 1. The molecule has 156 valence electrons. The normalized spacial score (nSPS) is 32.1. The summed E-state index contributed by atoms with van der Waals surface area (Å²) in [6, 6.07) is 9.70. The third-order valence-electron chi connectivity index (χ3n) is 7.15. The van der Waals surface area contributed by atoms with Crippen LogP contribution in [0.3, 0.4) is 0 Å². The second-order valence-electron chi connectivity index (χ2n) is 8.69. The van der Waals surface area contributed by atoms with Crippen molar-refractivity contribution in [1.29, 1.82) is 0 Å². The molecule has 31 heavy (non-hydrogen) atoms. The number of Topliss-reactive ketones (excluding diaryl/α,β-unsaturated/α-hetero) is 1. The first kappa shape index (κ1) is 18.7. The van der Waals surface area contributed by atoms with Crippen LogP contribution in [0.1, 0.15) is 26.5 Å². The number of amides is 2. The molecule has 1 aliphatic heterocycles. The van der Waals surface area contributed by atoms with Crippen LogP contribution >= 0.6 is 11.3 Å². The Bertz CT molecular complexity index is 1100. The first-order chi connectivity index (χ1) is 15.0. The molecule has 1 aromatic heterocycles. The Hall–Kier alpha value is -3.06. The molecule has 2 heterocycles. The van der Waals surface area contributed by atoms with Gasteiger partial charge in [-0.15, -0.1) is 11.3 Å². The minimum atomic E-state index is -0.619. The third-order valence-corrected chi connectivity index (χ3v) is 8.07. The van der Waals surface area contributed by atoms with Crippen LogP contribution in [0.4, 0.5) is 5.69 Å². The Labute approximate surface area is 182 Å². The van der Waals surface area contributed by atoms with Gasteiger partial charge in [0.25, 0.3) is 0 Å². The van der Waals surface area contributed by atoms with Gasteiger partial charge < -0.3 is 4.74 Å². The lowest BCUT2D eigenvalue weighted by Crippen LogP contribution is -2.40. The zero-order chi connectivity index (χ0) is 21.3. The summed E-state index contributed by atoms with van der Waals surface area (Å²) in [5.74, 6) is -0.160. The van der Waals surface area contributed by atoms with E-state index < -0.39 is 5.97 Å². The predicted octanol–water partition coefficient (Wildman–Crippen LogP) is 3.35. The van der Waals surface area contributed by atoms with E-state index in [0.29, 0.717) is 22.4 Å². The summed E-state index contributed by atoms with van der Waals surface area (Å²) in [6.07, 6.45) is 5.41. The fourth-order valence-electron chi connectivity index (χ4n) is 5.68. The zero-order valence-electron chi connectivity index (χ0n) is 16.5. The van der Waals surface area contributed by atoms with Crippen molar-refractivity contribution in [1.82, 2.24) is 0 Å². The number of esters is 1. The Morgan fingerprint density at radius 2 is 1.61 bits per heavy atom. The number of anilines is 1. The highest BCUT2D eigenvalue weighted by atomic mass is 32.1. The Morgan fingerprint density at radius 3 is 2.19 bits per heavy atom. The summed E-state index contributed by atoms with van der Waals surface area (Å²) in [5, 5.41) is 1.79. The third kappa shape index (κ3) is 2.76. The van der Waals surface area contributed by atoms with Crippen molar-refractivity contribution >= 4 is 40.6 Å². The molecule has 2 saturated carbocycles. The van der Waals surface area contributed by atoms with Gasteiger partial charge in [0.2, 0.25) is 17.6 Å². The Morgan fingerprint density at radius 1 is 0.968 bits per heavy atom. The lowest BCUT2D eigenvalue weighted by Gasteiger charge is -2.37. The fourth-order valence-corrected chi connectivity index (χ4v) is 6.33. The molecule has 0 radical (unpaired) electrons. The average molecular weight is 433 g/mol. The molecule has 6 atom stereocenters. The van der Waals surface area contributed by atoms with E-state index >= 15 is 0 Å². The van der Waals surface area contributed by atoms with E-state index in [1.54, 1.807) is 29.6 Å². The molecule has 5 aliphatic rings. The molecule has 0 unspecified atom stereocenters. The number of ketones is 1. The molecule has 0 spiro atoms. The van der Waals surface area contributed by atoms with Crippen molar-refractivity contribution in [2.75, 3.05) is 11.5 Å². The van der Waals surface area contributed by atoms with Crippen molar-refractivity contribution in [3.8, 4) is 0 Å². The molecule has 2 aromatic rings. The van der Waals surface area contributed by atoms with Gasteiger partial charge in [0.1, 0.15) is 0 Å². The van der Waals surface area contributed by atoms with Gasteiger partial charge in [0, 0.05) is 0 Å². The van der Waals surface area contributed by atoms with E-state index in [4.69, 9.17) is 4.74 Å². The largest absolute Gasteiger partial charge is 0.454 e. The number of imide groups is 1. The molecule has 3 fully saturated rings. The molecule has 1 saturated heterocycles. The first-order valence-corrected chi connectivity index (χ1v) is 11.3. The van der Waals surface area contributed by atoms with Crippen molar-refractivity contribution < 1.29 is 23.9 Å². The van der Waals surface area contributed by atoms with Gasteiger partial charge in [-0.3, -0.25) is 19.3 Å². The van der Waals surface area contributed by atoms with Crippen LogP contribution in [0.15, 0.2) is 53.9 Å². The molecular weight excluding hydrogens is 414 g/mol. The van der Waals surface area contributed by atoms with E-state index in [2.05, 4.69) is 12.2 Å². The van der Waals surface area contributed by atoms with E-state index in [-0.39, 0.29) is 53.4 Å². The number of nitrogens with zero attached hydrogens (tertiary/aromatic N) is 1. The topological polar surface area (TPSA) is 80.8 Å². The number of hydrogen-bond donors (Lipinski definition) is 0. The van der Waals surface area contributed by atoms with Crippen LogP contribution in [-0.4, -0.2) is 30.2 Å². The quantitative estimate of drug-likeness (QED) is 0.313. The first-order valence-electron chi connectivity index (χ1n) is 10.4. The van der Waals surface area contributed by atoms with E-state index in [1.165, 1.54) is 28.4 Å².